The molecule has 0 fully saturated rings. The van der Waals surface area contributed by atoms with Gasteiger partial charge in [0.2, 0.25) is 0 Å². The van der Waals surface area contributed by atoms with Gasteiger partial charge in [-0.25, -0.2) is 4.39 Å². The molecule has 4 rings (SSSR count). The summed E-state index contributed by atoms with van der Waals surface area (Å²) in [6, 6.07) is 17.5. The van der Waals surface area contributed by atoms with E-state index < -0.39 is 0 Å². The largest absolute Gasteiger partial charge is 0.492 e. The summed E-state index contributed by atoms with van der Waals surface area (Å²) >= 11 is 0. The van der Waals surface area contributed by atoms with Crippen molar-refractivity contribution in [3.05, 3.63) is 72.0 Å². The lowest BCUT2D eigenvalue weighted by Crippen LogP contribution is -2.31. The molecule has 0 bridgehead atoms. The Balaban J connectivity index is 1.54. The van der Waals surface area contributed by atoms with Crippen LogP contribution in [0.5, 0.6) is 5.75 Å². The number of rotatable bonds is 4. The number of anilines is 1. The van der Waals surface area contributed by atoms with Crippen LogP contribution in [0.15, 0.2) is 60.7 Å². The second kappa shape index (κ2) is 5.39. The van der Waals surface area contributed by atoms with E-state index in [0.29, 0.717) is 18.9 Å². The van der Waals surface area contributed by atoms with E-state index in [0.717, 1.165) is 22.0 Å². The predicted octanol–water partition coefficient (Wildman–Crippen LogP) is 4.02. The molecular weight excluding hydrogens is 293 g/mol. The first-order valence-electron chi connectivity index (χ1n) is 7.46. The third-order valence-corrected chi connectivity index (χ3v) is 4.05. The predicted molar refractivity (Wildman–Crippen MR) is 87.5 cm³/mol. The monoisotopic (exact) mass is 307 g/mol. The van der Waals surface area contributed by atoms with Gasteiger partial charge in [-0.15, -0.1) is 0 Å². The number of ether oxygens (including phenoxy) is 1. The van der Waals surface area contributed by atoms with E-state index in [4.69, 9.17) is 4.74 Å². The summed E-state index contributed by atoms with van der Waals surface area (Å²) in [5.41, 5.74) is 1.66. The molecule has 1 heterocycles. The number of carbonyl (C=O) groups is 1. The molecule has 1 aliphatic heterocycles. The highest BCUT2D eigenvalue weighted by Gasteiger charge is 2.29. The summed E-state index contributed by atoms with van der Waals surface area (Å²) in [6.07, 6.45) is 0. The molecule has 3 aromatic carbocycles. The van der Waals surface area contributed by atoms with Crippen molar-refractivity contribution in [2.24, 2.45) is 0 Å². The number of hydrogen-bond acceptors (Lipinski definition) is 2. The second-order valence-corrected chi connectivity index (χ2v) is 5.44. The Morgan fingerprint density at radius 2 is 1.70 bits per heavy atom. The average Bonchev–Trinajstić information content (AvgIpc) is 2.85. The SMILES string of the molecule is O=C1c2cccc3cccc(c23)N1CCOc1ccc(F)cc1. The lowest BCUT2D eigenvalue weighted by Gasteiger charge is -2.18. The highest BCUT2D eigenvalue weighted by atomic mass is 19.1. The van der Waals surface area contributed by atoms with Crippen LogP contribution < -0.4 is 9.64 Å². The summed E-state index contributed by atoms with van der Waals surface area (Å²) in [4.78, 5) is 14.3. The molecule has 23 heavy (non-hydrogen) atoms. The molecule has 1 amide bonds. The molecular formula is C19H14FNO2. The van der Waals surface area contributed by atoms with Crippen molar-refractivity contribution in [1.82, 2.24) is 0 Å². The van der Waals surface area contributed by atoms with Gasteiger partial charge in [-0.05, 0) is 41.8 Å². The van der Waals surface area contributed by atoms with Gasteiger partial charge >= 0.3 is 0 Å². The fourth-order valence-corrected chi connectivity index (χ4v) is 2.99. The molecule has 0 N–H and O–H groups in total. The first-order chi connectivity index (χ1) is 11.2. The Morgan fingerprint density at radius 3 is 2.48 bits per heavy atom. The zero-order valence-corrected chi connectivity index (χ0v) is 12.3. The van der Waals surface area contributed by atoms with E-state index in [2.05, 4.69) is 0 Å². The molecule has 114 valence electrons. The topological polar surface area (TPSA) is 29.5 Å². The Labute approximate surface area is 132 Å². The van der Waals surface area contributed by atoms with Gasteiger partial charge in [-0.2, -0.15) is 0 Å². The maximum absolute atomic E-state index is 12.9. The highest BCUT2D eigenvalue weighted by molar-refractivity contribution is 6.24. The van der Waals surface area contributed by atoms with Gasteiger partial charge in [-0.3, -0.25) is 4.79 Å². The minimum absolute atomic E-state index is 0.000457. The summed E-state index contributed by atoms with van der Waals surface area (Å²) in [6.45, 7) is 0.797. The molecule has 0 saturated carbocycles. The Hall–Kier alpha value is -2.88. The van der Waals surface area contributed by atoms with Crippen molar-refractivity contribution in [1.29, 1.82) is 0 Å². The van der Waals surface area contributed by atoms with E-state index >= 15 is 0 Å². The fourth-order valence-electron chi connectivity index (χ4n) is 2.99. The molecule has 4 heteroatoms. The third-order valence-electron chi connectivity index (χ3n) is 4.05. The van der Waals surface area contributed by atoms with Gasteiger partial charge in [0, 0.05) is 10.9 Å². The zero-order chi connectivity index (χ0) is 15.8. The van der Waals surface area contributed by atoms with Crippen molar-refractivity contribution < 1.29 is 13.9 Å². The quantitative estimate of drug-likeness (QED) is 0.728. The molecule has 0 aliphatic carbocycles. The highest BCUT2D eigenvalue weighted by Crippen LogP contribution is 2.36. The number of amides is 1. The zero-order valence-electron chi connectivity index (χ0n) is 12.3. The van der Waals surface area contributed by atoms with E-state index in [-0.39, 0.29) is 11.7 Å². The van der Waals surface area contributed by atoms with Gasteiger partial charge in [0.1, 0.15) is 18.2 Å². The molecule has 3 nitrogen and oxygen atoms in total. The maximum Gasteiger partial charge on any atom is 0.259 e. The minimum atomic E-state index is -0.297. The lowest BCUT2D eigenvalue weighted by molar-refractivity contribution is 0.0989. The van der Waals surface area contributed by atoms with Gasteiger partial charge in [0.05, 0.1) is 12.2 Å². The van der Waals surface area contributed by atoms with Gasteiger partial charge in [-0.1, -0.05) is 24.3 Å². The second-order valence-electron chi connectivity index (χ2n) is 5.44. The van der Waals surface area contributed by atoms with Crippen molar-refractivity contribution in [3.63, 3.8) is 0 Å². The summed E-state index contributed by atoms with van der Waals surface area (Å²) < 4.78 is 18.5. The van der Waals surface area contributed by atoms with Crippen LogP contribution in [-0.2, 0) is 0 Å². The van der Waals surface area contributed by atoms with Crippen LogP contribution >= 0.6 is 0 Å². The molecule has 0 aromatic heterocycles. The number of hydrogen-bond donors (Lipinski definition) is 0. The molecule has 0 radical (unpaired) electrons. The van der Waals surface area contributed by atoms with Gasteiger partial charge in [0.15, 0.2) is 0 Å². The first-order valence-corrected chi connectivity index (χ1v) is 7.46. The van der Waals surface area contributed by atoms with Crippen LogP contribution in [0.4, 0.5) is 10.1 Å². The minimum Gasteiger partial charge on any atom is -0.492 e. The molecule has 0 atom stereocenters. The molecule has 0 saturated heterocycles. The summed E-state index contributed by atoms with van der Waals surface area (Å²) in [7, 11) is 0. The van der Waals surface area contributed by atoms with Crippen LogP contribution in [0.25, 0.3) is 10.8 Å². The smallest absolute Gasteiger partial charge is 0.259 e. The Morgan fingerprint density at radius 1 is 0.957 bits per heavy atom. The molecule has 1 aliphatic rings. The van der Waals surface area contributed by atoms with Gasteiger partial charge in [0.25, 0.3) is 5.91 Å². The van der Waals surface area contributed by atoms with E-state index in [9.17, 15) is 9.18 Å². The number of benzene rings is 3. The van der Waals surface area contributed by atoms with Crippen LogP contribution in [0.1, 0.15) is 10.4 Å². The van der Waals surface area contributed by atoms with Crippen LogP contribution in [0.3, 0.4) is 0 Å². The van der Waals surface area contributed by atoms with Gasteiger partial charge < -0.3 is 9.64 Å². The Bertz CT molecular complexity index is 884. The maximum atomic E-state index is 12.9. The first kappa shape index (κ1) is 13.8. The van der Waals surface area contributed by atoms with E-state index in [1.165, 1.54) is 12.1 Å². The normalized spacial score (nSPS) is 12.9. The van der Waals surface area contributed by atoms with Crippen molar-refractivity contribution in [2.45, 2.75) is 0 Å². The van der Waals surface area contributed by atoms with Crippen molar-refractivity contribution in [3.8, 4) is 5.75 Å². The number of carbonyl (C=O) groups excluding carboxylic acids is 1. The van der Waals surface area contributed by atoms with Crippen molar-refractivity contribution in [2.75, 3.05) is 18.1 Å². The standard InChI is InChI=1S/C19H14FNO2/c20-14-7-9-15(10-8-14)23-12-11-21-17-6-2-4-13-3-1-5-16(18(13)17)19(21)22/h1-10H,11-12H2. The fraction of sp³-hybridized carbons (Fsp3) is 0.105. The lowest BCUT2D eigenvalue weighted by atomic mass is 10.1. The van der Waals surface area contributed by atoms with E-state index in [1.54, 1.807) is 17.0 Å². The van der Waals surface area contributed by atoms with Crippen LogP contribution in [0.2, 0.25) is 0 Å². The summed E-state index contributed by atoms with van der Waals surface area (Å²) in [5.74, 6) is 0.294. The van der Waals surface area contributed by atoms with Crippen LogP contribution in [0, 0.1) is 5.82 Å². The van der Waals surface area contributed by atoms with Crippen molar-refractivity contribution >= 4 is 22.4 Å². The molecule has 0 spiro atoms. The molecule has 3 aromatic rings. The third kappa shape index (κ3) is 2.32. The number of nitrogens with zero attached hydrogens (tertiary/aromatic N) is 1. The van der Waals surface area contributed by atoms with Crippen LogP contribution in [-0.4, -0.2) is 19.1 Å². The average molecular weight is 307 g/mol. The number of halogens is 1. The molecule has 0 unspecified atom stereocenters. The Kier molecular flexibility index (Phi) is 3.23. The summed E-state index contributed by atoms with van der Waals surface area (Å²) in [5, 5.41) is 2.07. The van der Waals surface area contributed by atoms with E-state index in [1.807, 2.05) is 36.4 Å².